The van der Waals surface area contributed by atoms with Crippen molar-refractivity contribution < 1.29 is 23.8 Å². The molecular formula is C19H20FN4O4+. The third kappa shape index (κ3) is 3.70. The molecule has 3 amide bonds. The van der Waals surface area contributed by atoms with Crippen LogP contribution in [0.3, 0.4) is 0 Å². The minimum absolute atomic E-state index is 0.0970. The van der Waals surface area contributed by atoms with Gasteiger partial charge in [0.05, 0.1) is 12.0 Å². The van der Waals surface area contributed by atoms with Gasteiger partial charge >= 0.3 is 6.03 Å². The van der Waals surface area contributed by atoms with Crippen LogP contribution in [-0.4, -0.2) is 35.5 Å². The monoisotopic (exact) mass is 387 g/mol. The standard InChI is InChI=1S/C19H19FN4O4/c1-19(14-6-8-16(9-7-14)24(27)28)17(25)23(18(26)21-19)12-22(2)11-13-4-3-5-15(20)10-13/h3-10H,11-12H2,1-2H3,(H,21,26)/p+1/t19-/m1/s1. The van der Waals surface area contributed by atoms with Crippen LogP contribution < -0.4 is 10.2 Å². The third-order valence-electron chi connectivity index (χ3n) is 4.75. The van der Waals surface area contributed by atoms with Crippen LogP contribution in [0.15, 0.2) is 48.5 Å². The Morgan fingerprint density at radius 2 is 1.89 bits per heavy atom. The lowest BCUT2D eigenvalue weighted by Gasteiger charge is -2.23. The summed E-state index contributed by atoms with van der Waals surface area (Å²) >= 11 is 0. The first kappa shape index (κ1) is 19.4. The highest BCUT2D eigenvalue weighted by Gasteiger charge is 2.50. The van der Waals surface area contributed by atoms with E-state index >= 15 is 0 Å². The summed E-state index contributed by atoms with van der Waals surface area (Å²) in [5.74, 6) is -0.781. The smallest absolute Gasteiger partial charge is 0.319 e. The van der Waals surface area contributed by atoms with Gasteiger partial charge < -0.3 is 10.2 Å². The maximum atomic E-state index is 13.3. The van der Waals surface area contributed by atoms with Crippen molar-refractivity contribution in [2.45, 2.75) is 19.0 Å². The first-order valence-corrected chi connectivity index (χ1v) is 8.65. The molecule has 28 heavy (non-hydrogen) atoms. The van der Waals surface area contributed by atoms with E-state index in [1.165, 1.54) is 36.4 Å². The second kappa shape index (κ2) is 7.35. The van der Waals surface area contributed by atoms with E-state index in [4.69, 9.17) is 0 Å². The van der Waals surface area contributed by atoms with Crippen molar-refractivity contribution in [2.24, 2.45) is 0 Å². The molecule has 2 aromatic rings. The van der Waals surface area contributed by atoms with Crippen molar-refractivity contribution in [3.63, 3.8) is 0 Å². The highest BCUT2D eigenvalue weighted by Crippen LogP contribution is 2.29. The Morgan fingerprint density at radius 1 is 1.21 bits per heavy atom. The van der Waals surface area contributed by atoms with Crippen LogP contribution in [0.4, 0.5) is 14.9 Å². The second-order valence-corrected chi connectivity index (χ2v) is 7.01. The summed E-state index contributed by atoms with van der Waals surface area (Å²) in [6, 6.07) is 11.1. The molecule has 2 aromatic carbocycles. The first-order valence-electron chi connectivity index (χ1n) is 8.65. The van der Waals surface area contributed by atoms with Crippen LogP contribution in [0.1, 0.15) is 18.1 Å². The number of carbonyl (C=O) groups excluding carboxylic acids is 2. The highest BCUT2D eigenvalue weighted by molar-refractivity contribution is 6.07. The normalized spacial score (nSPS) is 20.2. The number of imide groups is 1. The van der Waals surface area contributed by atoms with Crippen LogP contribution in [0.2, 0.25) is 0 Å². The van der Waals surface area contributed by atoms with Gasteiger partial charge in [0.25, 0.3) is 11.6 Å². The fourth-order valence-corrected chi connectivity index (χ4v) is 3.27. The number of hydrogen-bond acceptors (Lipinski definition) is 4. The molecule has 1 aliphatic rings. The molecule has 3 rings (SSSR count). The van der Waals surface area contributed by atoms with Gasteiger partial charge in [0.2, 0.25) is 0 Å². The number of nitro benzene ring substituents is 1. The van der Waals surface area contributed by atoms with E-state index in [0.717, 1.165) is 15.4 Å². The second-order valence-electron chi connectivity index (χ2n) is 7.01. The van der Waals surface area contributed by atoms with Crippen molar-refractivity contribution in [2.75, 3.05) is 13.7 Å². The summed E-state index contributed by atoms with van der Waals surface area (Å²) in [6.45, 7) is 2.10. The van der Waals surface area contributed by atoms with Crippen molar-refractivity contribution >= 4 is 17.6 Å². The third-order valence-corrected chi connectivity index (χ3v) is 4.75. The van der Waals surface area contributed by atoms with Crippen molar-refractivity contribution in [1.29, 1.82) is 0 Å². The van der Waals surface area contributed by atoms with Gasteiger partial charge in [-0.05, 0) is 36.8 Å². The molecule has 1 heterocycles. The summed E-state index contributed by atoms with van der Waals surface area (Å²) in [5, 5.41) is 13.5. The zero-order valence-corrected chi connectivity index (χ0v) is 15.4. The van der Waals surface area contributed by atoms with Crippen LogP contribution in [-0.2, 0) is 16.9 Å². The number of benzene rings is 2. The molecule has 1 unspecified atom stereocenters. The van der Waals surface area contributed by atoms with Crippen LogP contribution >= 0.6 is 0 Å². The van der Waals surface area contributed by atoms with E-state index in [9.17, 15) is 24.1 Å². The Hall–Kier alpha value is -3.33. The zero-order valence-electron chi connectivity index (χ0n) is 15.4. The number of quaternary nitrogens is 1. The quantitative estimate of drug-likeness (QED) is 0.442. The largest absolute Gasteiger partial charge is 0.329 e. The molecule has 2 N–H and O–H groups in total. The Morgan fingerprint density at radius 3 is 2.50 bits per heavy atom. The number of nitrogens with one attached hydrogen (secondary N) is 2. The number of rotatable bonds is 6. The van der Waals surface area contributed by atoms with Crippen molar-refractivity contribution in [3.05, 3.63) is 75.6 Å². The van der Waals surface area contributed by atoms with Gasteiger partial charge in [0, 0.05) is 17.7 Å². The Kier molecular flexibility index (Phi) is 5.10. The minimum Gasteiger partial charge on any atom is -0.319 e. The topological polar surface area (TPSA) is 97.0 Å². The van der Waals surface area contributed by atoms with Gasteiger partial charge in [-0.1, -0.05) is 12.1 Å². The SMILES string of the molecule is C[NH+](Cc1cccc(F)c1)CN1C(=O)N[C@](C)(c2ccc([N+](=O)[O-])cc2)C1=O. The van der Waals surface area contributed by atoms with Gasteiger partial charge in [-0.15, -0.1) is 0 Å². The molecule has 9 heteroatoms. The molecule has 146 valence electrons. The summed E-state index contributed by atoms with van der Waals surface area (Å²) in [4.78, 5) is 37.5. The van der Waals surface area contributed by atoms with E-state index in [2.05, 4.69) is 5.32 Å². The molecule has 0 radical (unpaired) electrons. The number of urea groups is 1. The number of halogens is 1. The molecule has 1 aliphatic heterocycles. The van der Waals surface area contributed by atoms with Crippen molar-refractivity contribution in [3.8, 4) is 0 Å². The lowest BCUT2D eigenvalue weighted by molar-refractivity contribution is -0.901. The summed E-state index contributed by atoms with van der Waals surface area (Å²) < 4.78 is 13.3. The predicted octanol–water partition coefficient (Wildman–Crippen LogP) is 1.17. The number of nitro groups is 1. The number of carbonyl (C=O) groups is 2. The lowest BCUT2D eigenvalue weighted by atomic mass is 9.92. The van der Waals surface area contributed by atoms with Gasteiger partial charge in [0.15, 0.2) is 6.67 Å². The molecule has 0 aliphatic carbocycles. The van der Waals surface area contributed by atoms with Gasteiger partial charge in [-0.2, -0.15) is 0 Å². The van der Waals surface area contributed by atoms with Crippen LogP contribution in [0.25, 0.3) is 0 Å². The molecule has 0 bridgehead atoms. The molecule has 1 saturated heterocycles. The van der Waals surface area contributed by atoms with E-state index in [0.29, 0.717) is 12.1 Å². The van der Waals surface area contributed by atoms with E-state index < -0.39 is 22.4 Å². The molecule has 0 saturated carbocycles. The van der Waals surface area contributed by atoms with Gasteiger partial charge in [-0.25, -0.2) is 14.1 Å². The molecule has 2 atom stereocenters. The molecule has 0 aromatic heterocycles. The zero-order chi connectivity index (χ0) is 20.5. The Labute approximate surface area is 160 Å². The number of hydrogen-bond donors (Lipinski definition) is 2. The number of amides is 3. The van der Waals surface area contributed by atoms with Gasteiger partial charge in [-0.3, -0.25) is 14.9 Å². The average molecular weight is 387 g/mol. The van der Waals surface area contributed by atoms with Crippen LogP contribution in [0, 0.1) is 15.9 Å². The maximum absolute atomic E-state index is 13.3. The minimum atomic E-state index is -1.30. The first-order chi connectivity index (χ1) is 13.2. The fourth-order valence-electron chi connectivity index (χ4n) is 3.27. The Bertz CT molecular complexity index is 934. The predicted molar refractivity (Wildman–Crippen MR) is 97.7 cm³/mol. The highest BCUT2D eigenvalue weighted by atomic mass is 19.1. The van der Waals surface area contributed by atoms with Crippen molar-refractivity contribution in [1.82, 2.24) is 10.2 Å². The molecular weight excluding hydrogens is 367 g/mol. The Balaban J connectivity index is 1.74. The summed E-state index contributed by atoms with van der Waals surface area (Å²) in [5.41, 5.74) is -0.185. The van der Waals surface area contributed by atoms with E-state index in [-0.39, 0.29) is 18.2 Å². The maximum Gasteiger partial charge on any atom is 0.329 e. The fraction of sp³-hybridized carbons (Fsp3) is 0.263. The number of non-ortho nitro benzene ring substituents is 1. The van der Waals surface area contributed by atoms with E-state index in [1.807, 2.05) is 0 Å². The van der Waals surface area contributed by atoms with Gasteiger partial charge in [0.1, 0.15) is 17.9 Å². The summed E-state index contributed by atoms with van der Waals surface area (Å²) in [7, 11) is 1.80. The molecule has 1 fully saturated rings. The molecule has 8 nitrogen and oxygen atoms in total. The lowest BCUT2D eigenvalue weighted by Crippen LogP contribution is -3.09. The molecule has 0 spiro atoms. The summed E-state index contributed by atoms with van der Waals surface area (Å²) in [6.07, 6.45) is 0. The average Bonchev–Trinajstić information content (AvgIpc) is 2.86. The van der Waals surface area contributed by atoms with E-state index in [1.54, 1.807) is 26.1 Å². The van der Waals surface area contributed by atoms with Crippen LogP contribution in [0.5, 0.6) is 0 Å². The number of nitrogens with zero attached hydrogens (tertiary/aromatic N) is 2.